The lowest BCUT2D eigenvalue weighted by molar-refractivity contribution is 0.0899. The van der Waals surface area contributed by atoms with Gasteiger partial charge in [-0.15, -0.1) is 0 Å². The summed E-state index contributed by atoms with van der Waals surface area (Å²) in [6.45, 7) is 0.333. The van der Waals surface area contributed by atoms with Gasteiger partial charge in [0.2, 0.25) is 0 Å². The molecule has 0 amide bonds. The normalized spacial score (nSPS) is 10.2. The van der Waals surface area contributed by atoms with Gasteiger partial charge in [-0.2, -0.15) is 0 Å². The van der Waals surface area contributed by atoms with E-state index in [1.165, 1.54) is 24.8 Å². The number of hydrogen-bond acceptors (Lipinski definition) is 2. The van der Waals surface area contributed by atoms with Gasteiger partial charge < -0.3 is 9.84 Å². The molecule has 18 heavy (non-hydrogen) atoms. The summed E-state index contributed by atoms with van der Waals surface area (Å²) in [5, 5.41) is 8.27. The van der Waals surface area contributed by atoms with E-state index in [-0.39, 0.29) is 0 Å². The van der Waals surface area contributed by atoms with Crippen LogP contribution >= 0.6 is 0 Å². The Hall–Kier alpha value is -1.51. The fourth-order valence-electron chi connectivity index (χ4n) is 1.94. The van der Waals surface area contributed by atoms with Gasteiger partial charge in [-0.05, 0) is 24.8 Å². The SMILES string of the molecule is O=C(O)OCCCCCCCCc1ccccc1. The van der Waals surface area contributed by atoms with Gasteiger partial charge in [-0.1, -0.05) is 56.0 Å². The van der Waals surface area contributed by atoms with E-state index in [2.05, 4.69) is 29.0 Å². The average Bonchev–Trinajstić information content (AvgIpc) is 2.37. The highest BCUT2D eigenvalue weighted by Crippen LogP contribution is 2.09. The third kappa shape index (κ3) is 7.71. The van der Waals surface area contributed by atoms with E-state index in [1.807, 2.05) is 6.07 Å². The molecule has 1 rings (SSSR count). The fraction of sp³-hybridized carbons (Fsp3) is 0.533. The molecule has 0 unspecified atom stereocenters. The van der Waals surface area contributed by atoms with Crippen molar-refractivity contribution in [3.05, 3.63) is 35.9 Å². The maximum Gasteiger partial charge on any atom is 0.505 e. The first-order chi connectivity index (χ1) is 8.79. The van der Waals surface area contributed by atoms with Crippen LogP contribution in [0.25, 0.3) is 0 Å². The zero-order chi connectivity index (χ0) is 13.1. The molecular formula is C15H22O3. The zero-order valence-corrected chi connectivity index (χ0v) is 10.8. The number of rotatable bonds is 9. The average molecular weight is 250 g/mol. The minimum absolute atomic E-state index is 0.333. The van der Waals surface area contributed by atoms with Crippen LogP contribution < -0.4 is 0 Å². The highest BCUT2D eigenvalue weighted by atomic mass is 16.7. The maximum absolute atomic E-state index is 10.1. The van der Waals surface area contributed by atoms with Crippen LogP contribution in [0.3, 0.4) is 0 Å². The van der Waals surface area contributed by atoms with Gasteiger partial charge in [-0.25, -0.2) is 4.79 Å². The van der Waals surface area contributed by atoms with Crippen molar-refractivity contribution in [2.24, 2.45) is 0 Å². The largest absolute Gasteiger partial charge is 0.505 e. The molecule has 0 saturated heterocycles. The van der Waals surface area contributed by atoms with Crippen molar-refractivity contribution >= 4 is 6.16 Å². The summed E-state index contributed by atoms with van der Waals surface area (Å²) >= 11 is 0. The van der Waals surface area contributed by atoms with Crippen molar-refractivity contribution in [3.63, 3.8) is 0 Å². The Morgan fingerprint density at radius 2 is 1.56 bits per heavy atom. The number of carbonyl (C=O) groups is 1. The number of ether oxygens (including phenoxy) is 1. The number of hydrogen-bond donors (Lipinski definition) is 1. The van der Waals surface area contributed by atoms with Crippen LogP contribution in [-0.2, 0) is 11.2 Å². The van der Waals surface area contributed by atoms with Crippen LogP contribution in [0.4, 0.5) is 4.79 Å². The van der Waals surface area contributed by atoms with Gasteiger partial charge in [0.1, 0.15) is 0 Å². The molecule has 0 aliphatic carbocycles. The van der Waals surface area contributed by atoms with Gasteiger partial charge in [0.25, 0.3) is 0 Å². The molecule has 1 aromatic carbocycles. The fourth-order valence-corrected chi connectivity index (χ4v) is 1.94. The van der Waals surface area contributed by atoms with Crippen molar-refractivity contribution in [1.29, 1.82) is 0 Å². The molecule has 0 atom stereocenters. The van der Waals surface area contributed by atoms with Crippen LogP contribution in [0.2, 0.25) is 0 Å². The minimum Gasteiger partial charge on any atom is -0.450 e. The van der Waals surface area contributed by atoms with E-state index in [0.717, 1.165) is 25.7 Å². The van der Waals surface area contributed by atoms with Crippen molar-refractivity contribution in [1.82, 2.24) is 0 Å². The monoisotopic (exact) mass is 250 g/mol. The van der Waals surface area contributed by atoms with Gasteiger partial charge >= 0.3 is 6.16 Å². The third-order valence-corrected chi connectivity index (χ3v) is 2.93. The summed E-state index contributed by atoms with van der Waals surface area (Å²) in [5.41, 5.74) is 1.41. The smallest absolute Gasteiger partial charge is 0.450 e. The molecule has 3 nitrogen and oxygen atoms in total. The van der Waals surface area contributed by atoms with Crippen molar-refractivity contribution in [2.45, 2.75) is 44.9 Å². The molecular weight excluding hydrogens is 228 g/mol. The molecule has 0 fully saturated rings. The first-order valence-corrected chi connectivity index (χ1v) is 6.68. The van der Waals surface area contributed by atoms with E-state index < -0.39 is 6.16 Å². The van der Waals surface area contributed by atoms with Crippen LogP contribution in [0.15, 0.2) is 30.3 Å². The molecule has 100 valence electrons. The number of carboxylic acid groups (broad SMARTS) is 1. The van der Waals surface area contributed by atoms with E-state index >= 15 is 0 Å². The summed E-state index contributed by atoms with van der Waals surface area (Å²) in [6, 6.07) is 10.5. The first-order valence-electron chi connectivity index (χ1n) is 6.68. The van der Waals surface area contributed by atoms with Crippen molar-refractivity contribution in [2.75, 3.05) is 6.61 Å². The molecule has 0 radical (unpaired) electrons. The predicted molar refractivity (Wildman–Crippen MR) is 71.8 cm³/mol. The van der Waals surface area contributed by atoms with E-state index in [0.29, 0.717) is 6.61 Å². The lowest BCUT2D eigenvalue weighted by Crippen LogP contribution is -2.01. The second-order valence-electron chi connectivity index (χ2n) is 4.47. The molecule has 1 N–H and O–H groups in total. The number of unbranched alkanes of at least 4 members (excludes halogenated alkanes) is 5. The summed E-state index contributed by atoms with van der Waals surface area (Å²) in [7, 11) is 0. The van der Waals surface area contributed by atoms with Gasteiger partial charge in [0.15, 0.2) is 0 Å². The van der Waals surface area contributed by atoms with Gasteiger partial charge in [0.05, 0.1) is 6.61 Å². The van der Waals surface area contributed by atoms with Crippen molar-refractivity contribution < 1.29 is 14.6 Å². The van der Waals surface area contributed by atoms with Gasteiger partial charge in [0, 0.05) is 0 Å². The minimum atomic E-state index is -1.17. The van der Waals surface area contributed by atoms with E-state index in [9.17, 15) is 4.79 Å². The Bertz CT molecular complexity index is 322. The highest BCUT2D eigenvalue weighted by Gasteiger charge is 1.96. The molecule has 0 heterocycles. The van der Waals surface area contributed by atoms with Gasteiger partial charge in [-0.3, -0.25) is 0 Å². The van der Waals surface area contributed by atoms with E-state index in [1.54, 1.807) is 0 Å². The first kappa shape index (κ1) is 14.6. The second-order valence-corrected chi connectivity index (χ2v) is 4.47. The predicted octanol–water partition coefficient (Wildman–Crippen LogP) is 4.26. The standard InChI is InChI=1S/C15H22O3/c16-15(17)18-13-9-4-2-1-3-6-10-14-11-7-5-8-12-14/h5,7-8,11-12H,1-4,6,9-10,13H2,(H,16,17). The Labute approximate surface area is 109 Å². The van der Waals surface area contributed by atoms with Crippen LogP contribution in [0, 0.1) is 0 Å². The Balaban J connectivity index is 1.86. The zero-order valence-electron chi connectivity index (χ0n) is 10.8. The summed E-state index contributed by atoms with van der Waals surface area (Å²) in [4.78, 5) is 10.1. The summed E-state index contributed by atoms with van der Waals surface area (Å²) < 4.78 is 4.44. The highest BCUT2D eigenvalue weighted by molar-refractivity contribution is 5.56. The molecule has 3 heteroatoms. The Morgan fingerprint density at radius 1 is 0.944 bits per heavy atom. The molecule has 0 saturated carbocycles. The van der Waals surface area contributed by atoms with Crippen LogP contribution in [-0.4, -0.2) is 17.9 Å². The second kappa shape index (κ2) is 9.51. The Kier molecular flexibility index (Phi) is 7.69. The summed E-state index contributed by atoms with van der Waals surface area (Å²) in [5.74, 6) is 0. The molecule has 0 spiro atoms. The molecule has 0 bridgehead atoms. The lowest BCUT2D eigenvalue weighted by Gasteiger charge is -2.02. The summed E-state index contributed by atoms with van der Waals surface area (Å²) in [6.07, 6.45) is 6.74. The maximum atomic E-state index is 10.1. The van der Waals surface area contributed by atoms with E-state index in [4.69, 9.17) is 5.11 Å². The molecule has 0 aliphatic heterocycles. The van der Waals surface area contributed by atoms with Crippen LogP contribution in [0.1, 0.15) is 44.1 Å². The number of benzene rings is 1. The third-order valence-electron chi connectivity index (χ3n) is 2.93. The van der Waals surface area contributed by atoms with Crippen LogP contribution in [0.5, 0.6) is 0 Å². The number of aryl methyl sites for hydroxylation is 1. The quantitative estimate of drug-likeness (QED) is 0.526. The lowest BCUT2D eigenvalue weighted by atomic mass is 10.1. The molecule has 0 aliphatic rings. The molecule has 1 aromatic rings. The Morgan fingerprint density at radius 3 is 2.22 bits per heavy atom. The molecule has 0 aromatic heterocycles. The topological polar surface area (TPSA) is 46.5 Å². The van der Waals surface area contributed by atoms with Crippen molar-refractivity contribution in [3.8, 4) is 0 Å².